The Hall–Kier alpha value is -2.29. The Balaban J connectivity index is 1.95. The number of amides is 2. The van der Waals surface area contributed by atoms with Crippen molar-refractivity contribution < 1.29 is 9.59 Å². The summed E-state index contributed by atoms with van der Waals surface area (Å²) in [6.07, 6.45) is 3.36. The van der Waals surface area contributed by atoms with Crippen LogP contribution in [-0.2, 0) is 9.59 Å². The molecule has 2 aromatic rings. The molecule has 28 heavy (non-hydrogen) atoms. The third kappa shape index (κ3) is 3.94. The molecule has 0 radical (unpaired) electrons. The van der Waals surface area contributed by atoms with Gasteiger partial charge in [0.2, 0.25) is 5.91 Å². The van der Waals surface area contributed by atoms with Gasteiger partial charge in [-0.2, -0.15) is 0 Å². The molecule has 0 bridgehead atoms. The molecule has 3 rings (SSSR count). The zero-order valence-electron chi connectivity index (χ0n) is 15.8. The number of rotatable bonds is 5. The number of benzene rings is 1. The number of aryl methyl sites for hydroxylation is 2. The van der Waals surface area contributed by atoms with Crippen LogP contribution in [0.3, 0.4) is 0 Å². The van der Waals surface area contributed by atoms with Crippen LogP contribution in [-0.4, -0.2) is 32.6 Å². The summed E-state index contributed by atoms with van der Waals surface area (Å²) in [7, 11) is 0. The largest absolute Gasteiger partial charge is 0.289 e. The van der Waals surface area contributed by atoms with Gasteiger partial charge in [0.25, 0.3) is 5.91 Å². The molecule has 144 valence electrons. The lowest BCUT2D eigenvalue weighted by atomic mass is 10.1. The third-order valence-electron chi connectivity index (χ3n) is 4.14. The van der Waals surface area contributed by atoms with E-state index in [1.807, 2.05) is 37.4 Å². The van der Waals surface area contributed by atoms with Crippen molar-refractivity contribution in [2.75, 3.05) is 11.4 Å². The van der Waals surface area contributed by atoms with Gasteiger partial charge in [-0.25, -0.2) is 4.98 Å². The highest BCUT2D eigenvalue weighted by molar-refractivity contribution is 8.26. The first-order valence-electron chi connectivity index (χ1n) is 8.52. The lowest BCUT2D eigenvalue weighted by Crippen LogP contribution is -2.27. The van der Waals surface area contributed by atoms with Gasteiger partial charge in [0, 0.05) is 18.8 Å². The molecule has 0 aliphatic carbocycles. The minimum atomic E-state index is -0.150. The van der Waals surface area contributed by atoms with E-state index in [4.69, 9.17) is 12.2 Å². The second kappa shape index (κ2) is 8.38. The number of para-hydroxylation sites is 1. The van der Waals surface area contributed by atoms with Gasteiger partial charge in [-0.05, 0) is 31.1 Å². The summed E-state index contributed by atoms with van der Waals surface area (Å²) in [5, 5.41) is 2.40. The zero-order valence-corrected chi connectivity index (χ0v) is 18.2. The number of thiazole rings is 1. The number of anilines is 2. The summed E-state index contributed by atoms with van der Waals surface area (Å²) in [5.74, 6) is -0.266. The number of nitrogens with zero attached hydrogens (tertiary/aromatic N) is 3. The monoisotopic (exact) mass is 429 g/mol. The number of carbonyl (C=O) groups is 2. The summed E-state index contributed by atoms with van der Waals surface area (Å²) < 4.78 is 0.507. The maximum atomic E-state index is 12.5. The normalized spacial score (nSPS) is 15.4. The molecule has 1 aromatic heterocycles. The Morgan fingerprint density at radius 3 is 2.64 bits per heavy atom. The summed E-state index contributed by atoms with van der Waals surface area (Å²) in [6, 6.07) is 5.90. The van der Waals surface area contributed by atoms with Gasteiger partial charge in [0.05, 0.1) is 16.3 Å². The molecule has 1 aliphatic rings. The third-order valence-corrected chi connectivity index (χ3v) is 6.37. The molecule has 2 amide bonds. The number of carbonyl (C=O) groups excluding carboxylic acids is 2. The van der Waals surface area contributed by atoms with Gasteiger partial charge < -0.3 is 0 Å². The molecule has 1 fully saturated rings. The maximum absolute atomic E-state index is 12.5. The minimum Gasteiger partial charge on any atom is -0.289 e. The van der Waals surface area contributed by atoms with Gasteiger partial charge in [0.1, 0.15) is 4.32 Å². The van der Waals surface area contributed by atoms with Crippen LogP contribution in [0, 0.1) is 13.8 Å². The lowest BCUT2D eigenvalue weighted by Gasteiger charge is -2.22. The van der Waals surface area contributed by atoms with Gasteiger partial charge in [0.15, 0.2) is 5.13 Å². The van der Waals surface area contributed by atoms with E-state index in [9.17, 15) is 9.59 Å². The van der Waals surface area contributed by atoms with Crippen molar-refractivity contribution in [2.45, 2.75) is 20.8 Å². The van der Waals surface area contributed by atoms with Gasteiger partial charge in [-0.15, -0.1) is 17.9 Å². The lowest BCUT2D eigenvalue weighted by molar-refractivity contribution is -0.121. The predicted octanol–water partition coefficient (Wildman–Crippen LogP) is 4.83. The Bertz CT molecular complexity index is 990. The summed E-state index contributed by atoms with van der Waals surface area (Å²) >= 11 is 7.87. The fourth-order valence-electron chi connectivity index (χ4n) is 2.91. The van der Waals surface area contributed by atoms with Gasteiger partial charge in [-0.3, -0.25) is 19.4 Å². The highest BCUT2D eigenvalue weighted by atomic mass is 32.2. The number of hydrogen-bond donors (Lipinski definition) is 0. The SMILES string of the molecule is C=CCN1C(=O)/C(=C\c2csc(N(C(C)=O)c3c(C)cccc3C)n2)SC1=S. The predicted molar refractivity (Wildman–Crippen MR) is 121 cm³/mol. The smallest absolute Gasteiger partial charge is 0.266 e. The van der Waals surface area contributed by atoms with Crippen LogP contribution in [0.5, 0.6) is 0 Å². The second-order valence-electron chi connectivity index (χ2n) is 6.23. The number of aromatic nitrogens is 1. The standard InChI is InChI=1S/C20H19N3O2S3/c1-5-9-22-18(25)16(28-20(22)26)10-15-11-27-19(21-15)23(14(4)24)17-12(2)7-6-8-13(17)3/h5-8,10-11H,1,9H2,2-4H3/b16-10+. The maximum Gasteiger partial charge on any atom is 0.266 e. The highest BCUT2D eigenvalue weighted by Gasteiger charge is 2.31. The average molecular weight is 430 g/mol. The van der Waals surface area contributed by atoms with Crippen LogP contribution < -0.4 is 4.90 Å². The summed E-state index contributed by atoms with van der Waals surface area (Å²) in [5.41, 5.74) is 3.46. The van der Waals surface area contributed by atoms with Crippen LogP contribution in [0.2, 0.25) is 0 Å². The van der Waals surface area contributed by atoms with Crippen molar-refractivity contribution in [3.05, 3.63) is 58.0 Å². The minimum absolute atomic E-state index is 0.115. The van der Waals surface area contributed by atoms with Crippen molar-refractivity contribution in [1.82, 2.24) is 9.88 Å². The van der Waals surface area contributed by atoms with Crippen LogP contribution in [0.15, 0.2) is 41.1 Å². The molecule has 0 unspecified atom stereocenters. The van der Waals surface area contributed by atoms with Crippen LogP contribution in [0.4, 0.5) is 10.8 Å². The van der Waals surface area contributed by atoms with Crippen molar-refractivity contribution in [3.8, 4) is 0 Å². The molecule has 1 aromatic carbocycles. The van der Waals surface area contributed by atoms with Gasteiger partial charge >= 0.3 is 0 Å². The van der Waals surface area contributed by atoms with E-state index in [0.29, 0.717) is 26.6 Å². The Kier molecular flexibility index (Phi) is 6.12. The number of thiocarbonyl (C=S) groups is 1. The van der Waals surface area contributed by atoms with Crippen LogP contribution in [0.1, 0.15) is 23.7 Å². The average Bonchev–Trinajstić information content (AvgIpc) is 3.18. The first-order chi connectivity index (χ1) is 13.3. The molecule has 0 saturated carbocycles. The van der Waals surface area contributed by atoms with Crippen molar-refractivity contribution in [2.24, 2.45) is 0 Å². The molecule has 0 atom stereocenters. The Morgan fingerprint density at radius 2 is 2.04 bits per heavy atom. The summed E-state index contributed by atoms with van der Waals surface area (Å²) in [6.45, 7) is 9.50. The Morgan fingerprint density at radius 1 is 1.36 bits per heavy atom. The van der Waals surface area contributed by atoms with Crippen molar-refractivity contribution in [1.29, 1.82) is 0 Å². The molecule has 8 heteroatoms. The molecule has 2 heterocycles. The van der Waals surface area contributed by atoms with E-state index in [-0.39, 0.29) is 11.8 Å². The fourth-order valence-corrected chi connectivity index (χ4v) is 5.00. The van der Waals surface area contributed by atoms with E-state index in [2.05, 4.69) is 11.6 Å². The van der Waals surface area contributed by atoms with E-state index >= 15 is 0 Å². The van der Waals surface area contributed by atoms with Crippen molar-refractivity contribution >= 4 is 68.3 Å². The van der Waals surface area contributed by atoms with E-state index in [0.717, 1.165) is 16.8 Å². The quantitative estimate of drug-likeness (QED) is 0.387. The van der Waals surface area contributed by atoms with E-state index in [1.165, 1.54) is 34.9 Å². The molecule has 1 saturated heterocycles. The second-order valence-corrected chi connectivity index (χ2v) is 8.74. The first kappa shape index (κ1) is 20.4. The van der Waals surface area contributed by atoms with Crippen LogP contribution in [0.25, 0.3) is 6.08 Å². The molecule has 5 nitrogen and oxygen atoms in total. The molecule has 0 spiro atoms. The first-order valence-corrected chi connectivity index (χ1v) is 10.6. The van der Waals surface area contributed by atoms with Gasteiger partial charge in [-0.1, -0.05) is 48.3 Å². The fraction of sp³-hybridized carbons (Fsp3) is 0.200. The molecule has 0 N–H and O–H groups in total. The summed E-state index contributed by atoms with van der Waals surface area (Å²) in [4.78, 5) is 33.1. The Labute approximate surface area is 177 Å². The van der Waals surface area contributed by atoms with Crippen molar-refractivity contribution in [3.63, 3.8) is 0 Å². The highest BCUT2D eigenvalue weighted by Crippen LogP contribution is 2.36. The molecular formula is C20H19N3O2S3. The number of thioether (sulfide) groups is 1. The molecular weight excluding hydrogens is 410 g/mol. The number of hydrogen-bond acceptors (Lipinski definition) is 6. The van der Waals surface area contributed by atoms with E-state index < -0.39 is 0 Å². The van der Waals surface area contributed by atoms with Crippen LogP contribution >= 0.6 is 35.3 Å². The molecule has 1 aliphatic heterocycles. The zero-order chi connectivity index (χ0) is 20.4. The van der Waals surface area contributed by atoms with E-state index in [1.54, 1.807) is 17.1 Å². The topological polar surface area (TPSA) is 53.5 Å².